The van der Waals surface area contributed by atoms with Gasteiger partial charge in [0, 0.05) is 21.8 Å². The van der Waals surface area contributed by atoms with Gasteiger partial charge < -0.3 is 5.32 Å². The van der Waals surface area contributed by atoms with Gasteiger partial charge >= 0.3 is 6.03 Å². The Kier molecular flexibility index (Phi) is 5.60. The molecule has 3 N–H and O–H groups in total. The van der Waals surface area contributed by atoms with Crippen molar-refractivity contribution in [1.29, 1.82) is 0 Å². The zero-order valence-corrected chi connectivity index (χ0v) is 17.6. The van der Waals surface area contributed by atoms with E-state index in [1.807, 2.05) is 6.07 Å². The quantitative estimate of drug-likeness (QED) is 0.479. The smallest absolute Gasteiger partial charge is 0.306 e. The summed E-state index contributed by atoms with van der Waals surface area (Å²) < 4.78 is 24.2. The minimum absolute atomic E-state index is 0.0190. The zero-order chi connectivity index (χ0) is 22.0. The van der Waals surface area contributed by atoms with Crippen LogP contribution in [0.15, 0.2) is 83.8 Å². The molecule has 3 aromatic carbocycles. The first-order chi connectivity index (χ1) is 14.8. The highest BCUT2D eigenvalue weighted by atomic mass is 35.5. The number of primary sulfonamides is 1. The molecule has 0 spiro atoms. The fourth-order valence-corrected chi connectivity index (χ4v) is 3.59. The van der Waals surface area contributed by atoms with E-state index in [1.165, 1.54) is 12.1 Å². The second-order valence-corrected chi connectivity index (χ2v) is 8.62. The first-order valence-corrected chi connectivity index (χ1v) is 11.0. The van der Waals surface area contributed by atoms with Gasteiger partial charge in [-0.3, -0.25) is 0 Å². The Balaban J connectivity index is 1.77. The number of carbonyl (C=O) groups is 1. The number of halogens is 1. The SMILES string of the molecule is NS(=O)(=O)c1ccc(-c2nn(C(=O)Nc3ccccc3)[c]c2-c2ccc(Cl)cc2)cc1. The summed E-state index contributed by atoms with van der Waals surface area (Å²) in [4.78, 5) is 12.7. The van der Waals surface area contributed by atoms with E-state index in [4.69, 9.17) is 16.7 Å². The molecular formula is C22H16ClN4O3S. The van der Waals surface area contributed by atoms with Crippen molar-refractivity contribution in [3.8, 4) is 22.4 Å². The van der Waals surface area contributed by atoms with Gasteiger partial charge in [-0.15, -0.1) is 0 Å². The average Bonchev–Trinajstić information content (AvgIpc) is 3.20. The number of carbonyl (C=O) groups excluding carboxylic acids is 1. The Labute approximate surface area is 184 Å². The van der Waals surface area contributed by atoms with Crippen molar-refractivity contribution in [3.63, 3.8) is 0 Å². The monoisotopic (exact) mass is 451 g/mol. The molecule has 9 heteroatoms. The zero-order valence-electron chi connectivity index (χ0n) is 16.0. The average molecular weight is 452 g/mol. The number of nitrogens with zero attached hydrogens (tertiary/aromatic N) is 2. The van der Waals surface area contributed by atoms with Gasteiger partial charge in [-0.2, -0.15) is 9.78 Å². The highest BCUT2D eigenvalue weighted by molar-refractivity contribution is 7.89. The van der Waals surface area contributed by atoms with Crippen LogP contribution in [0.3, 0.4) is 0 Å². The number of aromatic nitrogens is 2. The summed E-state index contributed by atoms with van der Waals surface area (Å²) in [6.45, 7) is 0. The first-order valence-electron chi connectivity index (χ1n) is 9.09. The van der Waals surface area contributed by atoms with Crippen molar-refractivity contribution in [1.82, 2.24) is 9.78 Å². The molecular weight excluding hydrogens is 436 g/mol. The molecule has 1 amide bonds. The van der Waals surface area contributed by atoms with Crippen molar-refractivity contribution >= 4 is 33.3 Å². The number of sulfonamides is 1. The predicted octanol–water partition coefficient (Wildman–Crippen LogP) is 4.40. The number of amides is 1. The predicted molar refractivity (Wildman–Crippen MR) is 119 cm³/mol. The minimum atomic E-state index is -3.82. The molecule has 155 valence electrons. The van der Waals surface area contributed by atoms with E-state index in [-0.39, 0.29) is 4.90 Å². The van der Waals surface area contributed by atoms with Crippen LogP contribution in [0.1, 0.15) is 0 Å². The summed E-state index contributed by atoms with van der Waals surface area (Å²) in [5, 5.41) is 12.9. The van der Waals surface area contributed by atoms with E-state index in [2.05, 4.69) is 16.6 Å². The number of hydrogen-bond donors (Lipinski definition) is 2. The largest absolute Gasteiger partial charge is 0.347 e. The Morgan fingerprint density at radius 1 is 0.935 bits per heavy atom. The van der Waals surface area contributed by atoms with Crippen LogP contribution in [0.2, 0.25) is 5.02 Å². The van der Waals surface area contributed by atoms with Crippen molar-refractivity contribution in [2.75, 3.05) is 5.32 Å². The summed E-state index contributed by atoms with van der Waals surface area (Å²) in [5.41, 5.74) is 2.96. The van der Waals surface area contributed by atoms with E-state index in [1.54, 1.807) is 60.7 Å². The standard InChI is InChI=1S/C22H16ClN4O3S/c23-17-10-6-15(7-11-17)20-14-27(22(28)25-18-4-2-1-3-5-18)26-21(20)16-8-12-19(13-9-16)31(24,29)30/h1-13H,(H,25,28)(H2,24,29,30). The molecule has 0 saturated carbocycles. The molecule has 4 rings (SSSR count). The molecule has 0 aliphatic heterocycles. The van der Waals surface area contributed by atoms with Gasteiger partial charge in [0.15, 0.2) is 0 Å². The summed E-state index contributed by atoms with van der Waals surface area (Å²) in [7, 11) is -3.82. The molecule has 4 aromatic rings. The summed E-state index contributed by atoms with van der Waals surface area (Å²) in [6.07, 6.45) is 2.99. The van der Waals surface area contributed by atoms with Gasteiger partial charge in [0.1, 0.15) is 11.9 Å². The van der Waals surface area contributed by atoms with Gasteiger partial charge in [0.2, 0.25) is 10.0 Å². The number of hydrogen-bond acceptors (Lipinski definition) is 4. The van der Waals surface area contributed by atoms with Crippen LogP contribution in [-0.2, 0) is 10.0 Å². The third-order valence-corrected chi connectivity index (χ3v) is 5.64. The van der Waals surface area contributed by atoms with Crippen LogP contribution in [0, 0.1) is 6.20 Å². The van der Waals surface area contributed by atoms with Gasteiger partial charge in [0.25, 0.3) is 0 Å². The molecule has 7 nitrogen and oxygen atoms in total. The second kappa shape index (κ2) is 8.35. The summed E-state index contributed by atoms with van der Waals surface area (Å²) in [5.74, 6) is 0. The Morgan fingerprint density at radius 2 is 1.55 bits per heavy atom. The molecule has 1 aromatic heterocycles. The fourth-order valence-electron chi connectivity index (χ4n) is 2.95. The molecule has 1 radical (unpaired) electrons. The van der Waals surface area contributed by atoms with E-state index >= 15 is 0 Å². The number of nitrogens with two attached hydrogens (primary N) is 1. The van der Waals surface area contributed by atoms with Crippen molar-refractivity contribution < 1.29 is 13.2 Å². The number of para-hydroxylation sites is 1. The van der Waals surface area contributed by atoms with Crippen molar-refractivity contribution in [3.05, 3.63) is 90.1 Å². The molecule has 0 fully saturated rings. The van der Waals surface area contributed by atoms with Crippen LogP contribution < -0.4 is 10.5 Å². The maximum Gasteiger partial charge on any atom is 0.347 e. The van der Waals surface area contributed by atoms with Gasteiger partial charge in [0.05, 0.1) is 4.90 Å². The van der Waals surface area contributed by atoms with Crippen molar-refractivity contribution in [2.24, 2.45) is 5.14 Å². The van der Waals surface area contributed by atoms with Crippen LogP contribution in [0.25, 0.3) is 22.4 Å². The number of rotatable bonds is 4. The molecule has 0 aliphatic carbocycles. The Hall–Kier alpha value is -3.46. The van der Waals surface area contributed by atoms with Crippen LogP contribution in [-0.4, -0.2) is 24.2 Å². The maximum absolute atomic E-state index is 12.7. The summed E-state index contributed by atoms with van der Waals surface area (Å²) in [6, 6.07) is 21.4. The number of benzene rings is 3. The molecule has 0 saturated heterocycles. The lowest BCUT2D eigenvalue weighted by atomic mass is 10.0. The third kappa shape index (κ3) is 4.66. The van der Waals surface area contributed by atoms with Gasteiger partial charge in [-0.1, -0.05) is 54.1 Å². The lowest BCUT2D eigenvalue weighted by Crippen LogP contribution is -2.20. The fraction of sp³-hybridized carbons (Fsp3) is 0. The van der Waals surface area contributed by atoms with Crippen LogP contribution in [0.5, 0.6) is 0 Å². The van der Waals surface area contributed by atoms with Crippen LogP contribution >= 0.6 is 11.6 Å². The van der Waals surface area contributed by atoms with Crippen LogP contribution in [0.4, 0.5) is 10.5 Å². The first kappa shape index (κ1) is 20.8. The second-order valence-electron chi connectivity index (χ2n) is 6.62. The number of anilines is 1. The van der Waals surface area contributed by atoms with E-state index in [0.717, 1.165) is 10.2 Å². The Morgan fingerprint density at radius 3 is 2.16 bits per heavy atom. The molecule has 31 heavy (non-hydrogen) atoms. The van der Waals surface area contributed by atoms with Crippen molar-refractivity contribution in [2.45, 2.75) is 4.90 Å². The molecule has 0 atom stereocenters. The lowest BCUT2D eigenvalue weighted by molar-refractivity contribution is 0.251. The molecule has 0 aliphatic rings. The Bertz CT molecular complexity index is 1330. The van der Waals surface area contributed by atoms with E-state index in [9.17, 15) is 13.2 Å². The highest BCUT2D eigenvalue weighted by Gasteiger charge is 2.18. The normalized spacial score (nSPS) is 11.3. The third-order valence-electron chi connectivity index (χ3n) is 4.46. The summed E-state index contributed by atoms with van der Waals surface area (Å²) >= 11 is 6.00. The molecule has 0 bridgehead atoms. The molecule has 1 heterocycles. The van der Waals surface area contributed by atoms with Gasteiger partial charge in [-0.25, -0.2) is 18.4 Å². The number of nitrogens with one attached hydrogen (secondary N) is 1. The topological polar surface area (TPSA) is 107 Å². The van der Waals surface area contributed by atoms with E-state index < -0.39 is 16.1 Å². The minimum Gasteiger partial charge on any atom is -0.306 e. The maximum atomic E-state index is 12.7. The lowest BCUT2D eigenvalue weighted by Gasteiger charge is -2.04. The van der Waals surface area contributed by atoms with Gasteiger partial charge in [-0.05, 0) is 42.0 Å². The molecule has 0 unspecified atom stereocenters. The highest BCUT2D eigenvalue weighted by Crippen LogP contribution is 2.32. The van der Waals surface area contributed by atoms with E-state index in [0.29, 0.717) is 27.5 Å².